The summed E-state index contributed by atoms with van der Waals surface area (Å²) < 4.78 is 4.65. The Bertz CT molecular complexity index is 233. The second kappa shape index (κ2) is 6.90. The number of esters is 1. The Hall–Kier alpha value is -0.480. The van der Waals surface area contributed by atoms with E-state index in [1.165, 1.54) is 25.0 Å². The van der Waals surface area contributed by atoms with Crippen molar-refractivity contribution in [2.75, 3.05) is 38.2 Å². The molecule has 0 aliphatic carbocycles. The highest BCUT2D eigenvalue weighted by Gasteiger charge is 2.08. The molecule has 0 aromatic rings. The minimum atomic E-state index is -0.223. The fourth-order valence-corrected chi connectivity index (χ4v) is 2.42. The summed E-state index contributed by atoms with van der Waals surface area (Å²) in [5.74, 6) is 2.24. The van der Waals surface area contributed by atoms with E-state index < -0.39 is 0 Å². The molecule has 0 spiro atoms. The molecule has 3 nitrogen and oxygen atoms in total. The van der Waals surface area contributed by atoms with Crippen LogP contribution in [0.5, 0.6) is 0 Å². The van der Waals surface area contributed by atoms with Gasteiger partial charge in [0.15, 0.2) is 0 Å². The van der Waals surface area contributed by atoms with Gasteiger partial charge in [0.25, 0.3) is 0 Å². The van der Waals surface area contributed by atoms with Crippen LogP contribution in [0.1, 0.15) is 13.3 Å². The predicted molar refractivity (Wildman–Crippen MR) is 64.2 cm³/mol. The largest absolute Gasteiger partial charge is 0.466 e. The lowest BCUT2D eigenvalue weighted by molar-refractivity contribution is -0.136. The minimum Gasteiger partial charge on any atom is -0.466 e. The smallest absolute Gasteiger partial charge is 0.333 e. The number of hydrogen-bond acceptors (Lipinski definition) is 4. The predicted octanol–water partition coefficient (Wildman–Crippen LogP) is 1.54. The molecule has 0 N–H and O–H groups in total. The third-order valence-corrected chi connectivity index (χ3v) is 3.53. The average molecular weight is 229 g/mol. The third-order valence-electron chi connectivity index (χ3n) is 2.48. The van der Waals surface area contributed by atoms with Crippen molar-refractivity contribution in [3.63, 3.8) is 0 Å². The van der Waals surface area contributed by atoms with Gasteiger partial charge in [-0.1, -0.05) is 6.08 Å². The van der Waals surface area contributed by atoms with E-state index in [0.717, 1.165) is 19.6 Å². The molecule has 0 bridgehead atoms. The van der Waals surface area contributed by atoms with Crippen molar-refractivity contribution in [1.82, 2.24) is 4.90 Å². The molecular weight excluding hydrogens is 210 g/mol. The van der Waals surface area contributed by atoms with Crippen LogP contribution < -0.4 is 0 Å². The molecule has 1 aliphatic rings. The highest BCUT2D eigenvalue weighted by atomic mass is 32.2. The van der Waals surface area contributed by atoms with Crippen LogP contribution in [-0.2, 0) is 9.53 Å². The van der Waals surface area contributed by atoms with Gasteiger partial charge in [0, 0.05) is 24.4 Å². The van der Waals surface area contributed by atoms with Crippen molar-refractivity contribution < 1.29 is 9.53 Å². The first kappa shape index (κ1) is 12.6. The van der Waals surface area contributed by atoms with Crippen molar-refractivity contribution in [2.45, 2.75) is 13.3 Å². The van der Waals surface area contributed by atoms with Crippen molar-refractivity contribution in [2.24, 2.45) is 0 Å². The molecular formula is C11H19NO2S. The average Bonchev–Trinajstić information content (AvgIpc) is 2.53. The van der Waals surface area contributed by atoms with Crippen LogP contribution in [0, 0.1) is 0 Å². The maximum atomic E-state index is 11.1. The Kier molecular flexibility index (Phi) is 5.79. The van der Waals surface area contributed by atoms with E-state index in [-0.39, 0.29) is 5.97 Å². The third kappa shape index (κ3) is 4.71. The summed E-state index contributed by atoms with van der Waals surface area (Å²) in [4.78, 5) is 13.5. The zero-order valence-electron chi connectivity index (χ0n) is 9.49. The number of ether oxygens (including phenoxy) is 1. The van der Waals surface area contributed by atoms with Gasteiger partial charge in [0.1, 0.15) is 0 Å². The molecule has 15 heavy (non-hydrogen) atoms. The van der Waals surface area contributed by atoms with E-state index in [0.29, 0.717) is 5.57 Å². The van der Waals surface area contributed by atoms with Crippen LogP contribution >= 0.6 is 11.8 Å². The fraction of sp³-hybridized carbons (Fsp3) is 0.727. The van der Waals surface area contributed by atoms with Gasteiger partial charge in [-0.05, 0) is 25.6 Å². The van der Waals surface area contributed by atoms with E-state index >= 15 is 0 Å². The summed E-state index contributed by atoms with van der Waals surface area (Å²) in [6.07, 6.45) is 3.21. The Morgan fingerprint density at radius 3 is 3.00 bits per heavy atom. The summed E-state index contributed by atoms with van der Waals surface area (Å²) in [5, 5.41) is 0. The van der Waals surface area contributed by atoms with E-state index in [2.05, 4.69) is 9.64 Å². The zero-order chi connectivity index (χ0) is 11.1. The van der Waals surface area contributed by atoms with Crippen molar-refractivity contribution >= 4 is 17.7 Å². The maximum Gasteiger partial charge on any atom is 0.333 e. The van der Waals surface area contributed by atoms with E-state index in [9.17, 15) is 4.79 Å². The zero-order valence-corrected chi connectivity index (χ0v) is 10.3. The van der Waals surface area contributed by atoms with Gasteiger partial charge in [-0.2, -0.15) is 11.8 Å². The molecule has 0 aromatic heterocycles. The van der Waals surface area contributed by atoms with Crippen molar-refractivity contribution in [1.29, 1.82) is 0 Å². The van der Waals surface area contributed by atoms with E-state index in [1.54, 1.807) is 6.92 Å². The summed E-state index contributed by atoms with van der Waals surface area (Å²) in [6, 6.07) is 0. The first-order chi connectivity index (χ1) is 7.24. The molecule has 0 saturated carbocycles. The van der Waals surface area contributed by atoms with Gasteiger partial charge < -0.3 is 4.74 Å². The van der Waals surface area contributed by atoms with Crippen molar-refractivity contribution in [3.05, 3.63) is 11.6 Å². The molecule has 0 aromatic carbocycles. The minimum absolute atomic E-state index is 0.223. The molecule has 1 fully saturated rings. The Labute approximate surface area is 95.9 Å². The molecule has 4 heteroatoms. The standard InChI is InChI=1S/C11H19NO2S/c1-10(11(13)14-2)4-6-12-5-3-8-15-9-7-12/h4H,3,5-9H2,1-2H3. The first-order valence-corrected chi connectivity index (χ1v) is 6.44. The summed E-state index contributed by atoms with van der Waals surface area (Å²) in [6.45, 7) is 4.92. The van der Waals surface area contributed by atoms with Gasteiger partial charge in [0.05, 0.1) is 7.11 Å². The Morgan fingerprint density at radius 2 is 2.27 bits per heavy atom. The molecule has 86 valence electrons. The Morgan fingerprint density at radius 1 is 1.47 bits per heavy atom. The number of hydrogen-bond donors (Lipinski definition) is 0. The molecule has 1 aliphatic heterocycles. The van der Waals surface area contributed by atoms with Gasteiger partial charge in [-0.15, -0.1) is 0 Å². The summed E-state index contributed by atoms with van der Waals surface area (Å²) in [5.41, 5.74) is 0.703. The van der Waals surface area contributed by atoms with E-state index in [1.807, 2.05) is 17.8 Å². The van der Waals surface area contributed by atoms with E-state index in [4.69, 9.17) is 0 Å². The molecule has 1 rings (SSSR count). The molecule has 1 heterocycles. The topological polar surface area (TPSA) is 29.5 Å². The number of rotatable bonds is 3. The maximum absolute atomic E-state index is 11.1. The highest BCUT2D eigenvalue weighted by Crippen LogP contribution is 2.10. The van der Waals surface area contributed by atoms with Crippen LogP contribution in [0.15, 0.2) is 11.6 Å². The molecule has 1 saturated heterocycles. The lowest BCUT2D eigenvalue weighted by Crippen LogP contribution is -2.26. The van der Waals surface area contributed by atoms with Crippen LogP contribution in [0.4, 0.5) is 0 Å². The molecule has 0 amide bonds. The highest BCUT2D eigenvalue weighted by molar-refractivity contribution is 7.99. The van der Waals surface area contributed by atoms with Crippen LogP contribution in [0.25, 0.3) is 0 Å². The van der Waals surface area contributed by atoms with Gasteiger partial charge in [-0.25, -0.2) is 4.79 Å². The van der Waals surface area contributed by atoms with Gasteiger partial charge >= 0.3 is 5.97 Å². The van der Waals surface area contributed by atoms with Crippen LogP contribution in [-0.4, -0.2) is 49.1 Å². The number of methoxy groups -OCH3 is 1. The first-order valence-electron chi connectivity index (χ1n) is 5.29. The Balaban J connectivity index is 2.36. The molecule has 0 radical (unpaired) electrons. The number of carbonyl (C=O) groups excluding carboxylic acids is 1. The normalized spacial score (nSPS) is 19.7. The monoisotopic (exact) mass is 229 g/mol. The summed E-state index contributed by atoms with van der Waals surface area (Å²) in [7, 11) is 1.42. The second-order valence-corrected chi connectivity index (χ2v) is 4.87. The van der Waals surface area contributed by atoms with Gasteiger partial charge in [-0.3, -0.25) is 4.90 Å². The SMILES string of the molecule is COC(=O)C(C)=CCN1CCCSCC1. The molecule has 0 unspecified atom stereocenters. The quantitative estimate of drug-likeness (QED) is 0.542. The number of thioether (sulfide) groups is 1. The lowest BCUT2D eigenvalue weighted by Gasteiger charge is -2.17. The second-order valence-electron chi connectivity index (χ2n) is 3.65. The van der Waals surface area contributed by atoms with Crippen molar-refractivity contribution in [3.8, 4) is 0 Å². The van der Waals surface area contributed by atoms with Crippen LogP contribution in [0.3, 0.4) is 0 Å². The molecule has 0 atom stereocenters. The lowest BCUT2D eigenvalue weighted by atomic mass is 10.2. The number of carbonyl (C=O) groups is 1. The summed E-state index contributed by atoms with van der Waals surface area (Å²) >= 11 is 2.01. The fourth-order valence-electron chi connectivity index (χ4n) is 1.49. The number of nitrogens with zero attached hydrogens (tertiary/aromatic N) is 1. The van der Waals surface area contributed by atoms with Gasteiger partial charge in [0.2, 0.25) is 0 Å². The van der Waals surface area contributed by atoms with Crippen LogP contribution in [0.2, 0.25) is 0 Å².